The van der Waals surface area contributed by atoms with Crippen LogP contribution < -0.4 is 19.1 Å². The summed E-state index contributed by atoms with van der Waals surface area (Å²) in [6.45, 7) is 1.49. The highest BCUT2D eigenvalue weighted by atomic mass is 79.9. The third kappa shape index (κ3) is 3.81. The van der Waals surface area contributed by atoms with E-state index < -0.39 is 6.23 Å². The molecular weight excluding hydrogens is 484 g/mol. The highest BCUT2D eigenvalue weighted by Gasteiger charge is 2.36. The van der Waals surface area contributed by atoms with Gasteiger partial charge in [0, 0.05) is 22.5 Å². The lowest BCUT2D eigenvalue weighted by molar-refractivity contribution is -0.118. The number of carbonyl (C=O) groups is 1. The summed E-state index contributed by atoms with van der Waals surface area (Å²) in [5.41, 5.74) is 2.49. The van der Waals surface area contributed by atoms with Crippen molar-refractivity contribution in [1.82, 2.24) is 15.2 Å². The summed E-state index contributed by atoms with van der Waals surface area (Å²) in [4.78, 5) is 19.0. The predicted molar refractivity (Wildman–Crippen MR) is 121 cm³/mol. The summed E-state index contributed by atoms with van der Waals surface area (Å²) in [6, 6.07) is 11.0. The minimum absolute atomic E-state index is 0.204. The molecule has 160 valence electrons. The van der Waals surface area contributed by atoms with Crippen molar-refractivity contribution >= 4 is 39.3 Å². The van der Waals surface area contributed by atoms with Gasteiger partial charge in [0.25, 0.3) is 0 Å². The Balaban J connectivity index is 1.99. The first-order valence-electron chi connectivity index (χ1n) is 9.24. The van der Waals surface area contributed by atoms with E-state index >= 15 is 0 Å². The maximum Gasteiger partial charge on any atom is 0.247 e. The van der Waals surface area contributed by atoms with Gasteiger partial charge in [0.2, 0.25) is 23.2 Å². The fraction of sp³-hybridized carbons (Fsp3) is 0.238. The molecule has 0 unspecified atom stereocenters. The molecule has 0 radical (unpaired) electrons. The Morgan fingerprint density at radius 3 is 2.55 bits per heavy atom. The standard InChI is InChI=1S/C21H19BrN4O4S/c1-11(27)26-15-8-6-5-7-12(15)18-19(23-21(31-4)25-24-18)30-20(26)13-9-16(28-2)17(29-3)10-14(13)22/h5-10,20H,1-4H3/t20-/m0/s1. The molecule has 0 saturated carbocycles. The monoisotopic (exact) mass is 502 g/mol. The van der Waals surface area contributed by atoms with Gasteiger partial charge < -0.3 is 14.2 Å². The lowest BCUT2D eigenvalue weighted by atomic mass is 10.1. The summed E-state index contributed by atoms with van der Waals surface area (Å²) < 4.78 is 17.9. The Bertz CT molecular complexity index is 1160. The van der Waals surface area contributed by atoms with Gasteiger partial charge in [-0.3, -0.25) is 9.69 Å². The number of aromatic nitrogens is 3. The summed E-state index contributed by atoms with van der Waals surface area (Å²) in [5, 5.41) is 8.97. The fourth-order valence-corrected chi connectivity index (χ4v) is 4.22. The van der Waals surface area contributed by atoms with E-state index in [-0.39, 0.29) is 5.91 Å². The van der Waals surface area contributed by atoms with Crippen LogP contribution in [0.25, 0.3) is 11.3 Å². The number of para-hydroxylation sites is 1. The number of fused-ring (bicyclic) bond motifs is 3. The van der Waals surface area contributed by atoms with Crippen molar-refractivity contribution in [2.75, 3.05) is 25.4 Å². The summed E-state index contributed by atoms with van der Waals surface area (Å²) >= 11 is 4.95. The smallest absolute Gasteiger partial charge is 0.247 e. The summed E-state index contributed by atoms with van der Waals surface area (Å²) in [7, 11) is 3.12. The number of anilines is 1. The molecule has 0 bridgehead atoms. The molecule has 0 saturated heterocycles. The molecular formula is C21H19BrN4O4S. The zero-order valence-electron chi connectivity index (χ0n) is 17.2. The second-order valence-electron chi connectivity index (χ2n) is 6.56. The van der Waals surface area contributed by atoms with Crippen LogP contribution in [-0.2, 0) is 4.79 Å². The van der Waals surface area contributed by atoms with Crippen LogP contribution in [0.4, 0.5) is 5.69 Å². The van der Waals surface area contributed by atoms with E-state index in [0.717, 1.165) is 0 Å². The van der Waals surface area contributed by atoms with Gasteiger partial charge in [-0.25, -0.2) is 0 Å². The normalized spacial score (nSPS) is 14.7. The molecule has 2 heterocycles. The molecule has 1 aromatic heterocycles. The quantitative estimate of drug-likeness (QED) is 0.482. The van der Waals surface area contributed by atoms with Crippen LogP contribution in [0.2, 0.25) is 0 Å². The van der Waals surface area contributed by atoms with Crippen LogP contribution >= 0.6 is 27.7 Å². The van der Waals surface area contributed by atoms with Gasteiger partial charge in [0.05, 0.1) is 19.9 Å². The number of benzene rings is 2. The molecule has 2 aromatic carbocycles. The van der Waals surface area contributed by atoms with E-state index in [1.807, 2.05) is 30.5 Å². The van der Waals surface area contributed by atoms with Gasteiger partial charge in [-0.1, -0.05) is 45.9 Å². The van der Waals surface area contributed by atoms with Crippen LogP contribution in [0.15, 0.2) is 46.0 Å². The van der Waals surface area contributed by atoms with Crippen molar-refractivity contribution in [1.29, 1.82) is 0 Å². The second kappa shape index (κ2) is 8.72. The number of hydrogen-bond donors (Lipinski definition) is 0. The Kier molecular flexibility index (Phi) is 6.01. The minimum Gasteiger partial charge on any atom is -0.493 e. The Hall–Kier alpha value is -2.85. The third-order valence-corrected chi connectivity index (χ3v) is 6.03. The average molecular weight is 503 g/mol. The Morgan fingerprint density at radius 2 is 1.87 bits per heavy atom. The van der Waals surface area contributed by atoms with Crippen LogP contribution in [0.1, 0.15) is 18.7 Å². The second-order valence-corrected chi connectivity index (χ2v) is 8.19. The molecule has 0 aliphatic carbocycles. The molecule has 10 heteroatoms. The van der Waals surface area contributed by atoms with E-state index in [1.54, 1.807) is 31.3 Å². The average Bonchev–Trinajstić information content (AvgIpc) is 2.92. The van der Waals surface area contributed by atoms with Crippen molar-refractivity contribution in [2.45, 2.75) is 18.3 Å². The number of thioether (sulfide) groups is 1. The number of amides is 1. The molecule has 0 spiro atoms. The SMILES string of the molecule is COc1cc(Br)c([C@@H]2Oc3nc(SC)nnc3-c3ccccc3N2C(C)=O)cc1OC. The molecule has 1 amide bonds. The number of ether oxygens (including phenoxy) is 3. The van der Waals surface area contributed by atoms with Gasteiger partial charge in [-0.05, 0) is 24.5 Å². The first-order valence-corrected chi connectivity index (χ1v) is 11.3. The highest BCUT2D eigenvalue weighted by Crippen LogP contribution is 2.46. The Labute approximate surface area is 192 Å². The molecule has 8 nitrogen and oxygen atoms in total. The van der Waals surface area contributed by atoms with Crippen molar-refractivity contribution in [3.63, 3.8) is 0 Å². The molecule has 0 fully saturated rings. The number of halogens is 1. The zero-order chi connectivity index (χ0) is 22.1. The first kappa shape index (κ1) is 21.4. The molecule has 4 rings (SSSR count). The van der Waals surface area contributed by atoms with E-state index in [9.17, 15) is 4.79 Å². The molecule has 1 aliphatic heterocycles. The lowest BCUT2D eigenvalue weighted by Gasteiger charge is -2.30. The van der Waals surface area contributed by atoms with E-state index in [0.29, 0.717) is 49.5 Å². The summed E-state index contributed by atoms with van der Waals surface area (Å²) in [6.07, 6.45) is 1.03. The maximum atomic E-state index is 12.9. The molecule has 1 atom stereocenters. The molecule has 0 N–H and O–H groups in total. The van der Waals surface area contributed by atoms with Gasteiger partial charge in [0.1, 0.15) is 0 Å². The van der Waals surface area contributed by atoms with Crippen LogP contribution in [-0.4, -0.2) is 41.6 Å². The minimum atomic E-state index is -0.833. The molecule has 31 heavy (non-hydrogen) atoms. The van der Waals surface area contributed by atoms with Crippen molar-refractivity contribution < 1.29 is 19.0 Å². The number of nitrogens with zero attached hydrogens (tertiary/aromatic N) is 4. The molecule has 3 aromatic rings. The number of methoxy groups -OCH3 is 2. The maximum absolute atomic E-state index is 12.9. The van der Waals surface area contributed by atoms with Crippen LogP contribution in [0.3, 0.4) is 0 Å². The van der Waals surface area contributed by atoms with E-state index in [4.69, 9.17) is 14.2 Å². The van der Waals surface area contributed by atoms with Gasteiger partial charge in [-0.15, -0.1) is 10.2 Å². The predicted octanol–water partition coefficient (Wildman–Crippen LogP) is 4.48. The largest absolute Gasteiger partial charge is 0.493 e. The van der Waals surface area contributed by atoms with Crippen molar-refractivity contribution in [3.05, 3.63) is 46.4 Å². The highest BCUT2D eigenvalue weighted by molar-refractivity contribution is 9.10. The number of hydrogen-bond acceptors (Lipinski definition) is 8. The van der Waals surface area contributed by atoms with Crippen molar-refractivity contribution in [2.24, 2.45) is 0 Å². The topological polar surface area (TPSA) is 86.7 Å². The van der Waals surface area contributed by atoms with E-state index in [1.165, 1.54) is 18.7 Å². The van der Waals surface area contributed by atoms with E-state index in [2.05, 4.69) is 31.1 Å². The number of rotatable bonds is 4. The number of carbonyl (C=O) groups excluding carboxylic acids is 1. The van der Waals surface area contributed by atoms with Gasteiger partial charge in [0.15, 0.2) is 17.2 Å². The summed E-state index contributed by atoms with van der Waals surface area (Å²) in [5.74, 6) is 1.15. The Morgan fingerprint density at radius 1 is 1.16 bits per heavy atom. The van der Waals surface area contributed by atoms with Crippen molar-refractivity contribution in [3.8, 4) is 28.6 Å². The first-order chi connectivity index (χ1) is 15.0. The molecule has 1 aliphatic rings. The van der Waals surface area contributed by atoms with Crippen LogP contribution in [0.5, 0.6) is 17.4 Å². The lowest BCUT2D eigenvalue weighted by Crippen LogP contribution is -2.36. The zero-order valence-corrected chi connectivity index (χ0v) is 19.7. The van der Waals surface area contributed by atoms with Gasteiger partial charge in [-0.2, -0.15) is 4.98 Å². The van der Waals surface area contributed by atoms with Crippen LogP contribution in [0, 0.1) is 0 Å². The fourth-order valence-electron chi connectivity index (χ4n) is 3.40. The van der Waals surface area contributed by atoms with Gasteiger partial charge >= 0.3 is 0 Å². The third-order valence-electron chi connectivity index (χ3n) is 4.80.